The minimum Gasteiger partial charge on any atom is -0.508 e. The maximum atomic E-state index is 13.3. The smallest absolute Gasteiger partial charge is 0.419 e. The van der Waals surface area contributed by atoms with Crippen molar-refractivity contribution in [2.45, 2.75) is 72.4 Å². The molecule has 310 valence electrons. The lowest BCUT2D eigenvalue weighted by molar-refractivity contribution is 0.0535. The predicted octanol–water partition coefficient (Wildman–Crippen LogP) is 9.95. The molecule has 0 aliphatic carbocycles. The van der Waals surface area contributed by atoms with Crippen molar-refractivity contribution >= 4 is 45.8 Å². The first-order valence-electron chi connectivity index (χ1n) is 20.0. The Morgan fingerprint density at radius 2 is 1.10 bits per heavy atom. The molecule has 2 amide bonds. The molecule has 4 heterocycles. The lowest BCUT2D eigenvalue weighted by Gasteiger charge is -2.21. The van der Waals surface area contributed by atoms with Crippen LogP contribution in [-0.2, 0) is 29.2 Å². The van der Waals surface area contributed by atoms with Gasteiger partial charge in [-0.3, -0.25) is 9.59 Å². The van der Waals surface area contributed by atoms with Crippen molar-refractivity contribution < 1.29 is 38.5 Å². The van der Waals surface area contributed by atoms with Crippen LogP contribution in [0.1, 0.15) is 78.9 Å². The lowest BCUT2D eigenvalue weighted by Crippen LogP contribution is -2.27. The van der Waals surface area contributed by atoms with Gasteiger partial charge in [0.15, 0.2) is 0 Å². The molecule has 2 aliphatic heterocycles. The molecule has 0 atom stereocenters. The molecule has 0 radical (unpaired) electrons. The van der Waals surface area contributed by atoms with Crippen molar-refractivity contribution in [3.63, 3.8) is 0 Å². The minimum absolute atomic E-state index is 0.103. The number of hydrogen-bond acceptors (Lipinski definition) is 8. The van der Waals surface area contributed by atoms with Crippen LogP contribution in [0, 0.1) is 0 Å². The summed E-state index contributed by atoms with van der Waals surface area (Å²) in [4.78, 5) is 51.3. The number of carbonyl (C=O) groups excluding carboxylic acids is 4. The quantitative estimate of drug-likeness (QED) is 0.155. The number of aromatic hydroxyl groups is 1. The molecular formula is C49H46N4O8. The molecule has 0 fully saturated rings. The van der Waals surface area contributed by atoms with E-state index in [1.165, 1.54) is 10.6 Å². The zero-order valence-electron chi connectivity index (χ0n) is 34.8. The standard InChI is InChI=1S/C28H26N2O4.C21H20N2O4/c1-28(2,3)34-27(32)30-23-13-12-21(33-17-18-8-5-4-6-9-18)14-20(23)15-24(30)22-11-7-10-19-16-29-26(31)25(19)22;1-21(2,3)27-20(26)23-16-8-7-14(24)9-13(16)10-17(23)15-6-4-5-12-11-22-19(25)18(12)15/h4-15H,16-17H2,1-3H3,(H,29,31);4-10,24H,11H2,1-3H3,(H,22,25). The summed E-state index contributed by atoms with van der Waals surface area (Å²) >= 11 is 0. The molecule has 5 aromatic carbocycles. The monoisotopic (exact) mass is 818 g/mol. The Morgan fingerprint density at radius 3 is 1.61 bits per heavy atom. The van der Waals surface area contributed by atoms with Crippen molar-refractivity contribution in [3.8, 4) is 34.0 Å². The fourth-order valence-electron chi connectivity index (χ4n) is 7.62. The van der Waals surface area contributed by atoms with Crippen LogP contribution >= 0.6 is 0 Å². The zero-order valence-corrected chi connectivity index (χ0v) is 34.8. The maximum absolute atomic E-state index is 13.3. The molecule has 0 unspecified atom stereocenters. The van der Waals surface area contributed by atoms with Crippen LogP contribution in [0.25, 0.3) is 44.3 Å². The van der Waals surface area contributed by atoms with Gasteiger partial charge in [0.2, 0.25) is 0 Å². The van der Waals surface area contributed by atoms with E-state index in [9.17, 15) is 24.3 Å². The topological polar surface area (TPSA) is 150 Å². The fourth-order valence-corrected chi connectivity index (χ4v) is 7.62. The molecule has 7 aromatic rings. The second-order valence-corrected chi connectivity index (χ2v) is 17.0. The van der Waals surface area contributed by atoms with E-state index in [1.54, 1.807) is 43.5 Å². The number of ether oxygens (including phenoxy) is 3. The van der Waals surface area contributed by atoms with Gasteiger partial charge in [0.1, 0.15) is 29.3 Å². The Labute approximate surface area is 352 Å². The first-order valence-corrected chi connectivity index (χ1v) is 20.0. The highest BCUT2D eigenvalue weighted by Gasteiger charge is 2.30. The highest BCUT2D eigenvalue weighted by molar-refractivity contribution is 6.08. The van der Waals surface area contributed by atoms with Crippen LogP contribution < -0.4 is 15.4 Å². The Morgan fingerprint density at radius 1 is 0.607 bits per heavy atom. The number of phenols is 1. The van der Waals surface area contributed by atoms with Crippen molar-refractivity contribution in [1.82, 2.24) is 19.8 Å². The van der Waals surface area contributed by atoms with Gasteiger partial charge in [-0.15, -0.1) is 0 Å². The normalized spacial score (nSPS) is 13.2. The van der Waals surface area contributed by atoms with Gasteiger partial charge in [-0.1, -0.05) is 66.7 Å². The van der Waals surface area contributed by atoms with E-state index in [4.69, 9.17) is 14.2 Å². The number of aromatic nitrogens is 2. The highest BCUT2D eigenvalue weighted by atomic mass is 16.6. The molecule has 2 aromatic heterocycles. The van der Waals surface area contributed by atoms with Gasteiger partial charge in [0.25, 0.3) is 11.8 Å². The third-order valence-electron chi connectivity index (χ3n) is 10.1. The summed E-state index contributed by atoms with van der Waals surface area (Å²) in [5.41, 5.74) is 6.50. The van der Waals surface area contributed by atoms with Crippen molar-refractivity contribution in [3.05, 3.63) is 143 Å². The number of hydrogen-bond donors (Lipinski definition) is 3. The van der Waals surface area contributed by atoms with Gasteiger partial charge in [0.05, 0.1) is 33.5 Å². The average Bonchev–Trinajstić information content (AvgIpc) is 3.99. The highest BCUT2D eigenvalue weighted by Crippen LogP contribution is 2.37. The van der Waals surface area contributed by atoms with Crippen LogP contribution in [-0.4, -0.2) is 49.4 Å². The summed E-state index contributed by atoms with van der Waals surface area (Å²) in [6, 6.07) is 35.3. The zero-order chi connectivity index (χ0) is 43.2. The van der Waals surface area contributed by atoms with Gasteiger partial charge < -0.3 is 30.0 Å². The Kier molecular flexibility index (Phi) is 10.4. The molecule has 0 spiro atoms. The molecular weight excluding hydrogens is 773 g/mol. The predicted molar refractivity (Wildman–Crippen MR) is 233 cm³/mol. The van der Waals surface area contributed by atoms with Gasteiger partial charge >= 0.3 is 12.2 Å². The number of rotatable bonds is 5. The summed E-state index contributed by atoms with van der Waals surface area (Å²) in [5, 5.41) is 17.0. The number of carbonyl (C=O) groups is 4. The molecule has 3 N–H and O–H groups in total. The van der Waals surface area contributed by atoms with Gasteiger partial charge in [-0.2, -0.15) is 0 Å². The third-order valence-corrected chi connectivity index (χ3v) is 10.1. The van der Waals surface area contributed by atoms with Crippen molar-refractivity contribution in [1.29, 1.82) is 0 Å². The summed E-state index contributed by atoms with van der Waals surface area (Å²) < 4.78 is 20.3. The van der Waals surface area contributed by atoms with E-state index in [0.29, 0.717) is 75.5 Å². The van der Waals surface area contributed by atoms with E-state index in [0.717, 1.165) is 22.1 Å². The average molecular weight is 819 g/mol. The first kappa shape index (κ1) is 40.4. The molecule has 9 rings (SSSR count). The fraction of sp³-hybridized carbons (Fsp3) is 0.224. The molecule has 12 heteroatoms. The number of benzene rings is 5. The second kappa shape index (κ2) is 15.7. The van der Waals surface area contributed by atoms with E-state index in [2.05, 4.69) is 10.6 Å². The first-order chi connectivity index (χ1) is 29.0. The Hall–Kier alpha value is -7.34. The summed E-state index contributed by atoms with van der Waals surface area (Å²) in [5.74, 6) is 0.495. The van der Waals surface area contributed by atoms with Crippen molar-refractivity contribution in [2.75, 3.05) is 0 Å². The number of nitrogens with one attached hydrogen (secondary N) is 2. The molecule has 0 saturated carbocycles. The molecule has 2 aliphatic rings. The number of nitrogens with zero attached hydrogens (tertiary/aromatic N) is 2. The number of amides is 2. The van der Waals surface area contributed by atoms with E-state index < -0.39 is 23.4 Å². The van der Waals surface area contributed by atoms with Crippen LogP contribution in [0.3, 0.4) is 0 Å². The minimum atomic E-state index is -0.669. The Balaban J connectivity index is 0.000000173. The van der Waals surface area contributed by atoms with Gasteiger partial charge in [-0.25, -0.2) is 18.7 Å². The summed E-state index contributed by atoms with van der Waals surface area (Å²) in [6.45, 7) is 12.3. The number of phenolic OH excluding ortho intramolecular Hbond substituents is 1. The van der Waals surface area contributed by atoms with Crippen LogP contribution in [0.4, 0.5) is 9.59 Å². The molecule has 0 bridgehead atoms. The summed E-state index contributed by atoms with van der Waals surface area (Å²) in [7, 11) is 0. The summed E-state index contributed by atoms with van der Waals surface area (Å²) in [6.07, 6.45) is -1.03. The lowest BCUT2D eigenvalue weighted by atomic mass is 10.0. The van der Waals surface area contributed by atoms with E-state index in [1.807, 2.05) is 112 Å². The largest absolute Gasteiger partial charge is 0.508 e. The molecule has 61 heavy (non-hydrogen) atoms. The van der Waals surface area contributed by atoms with Crippen LogP contribution in [0.2, 0.25) is 0 Å². The van der Waals surface area contributed by atoms with Gasteiger partial charge in [0, 0.05) is 35.0 Å². The van der Waals surface area contributed by atoms with Crippen LogP contribution in [0.5, 0.6) is 11.5 Å². The van der Waals surface area contributed by atoms with E-state index in [-0.39, 0.29) is 17.6 Å². The third kappa shape index (κ3) is 8.29. The molecule has 0 saturated heterocycles. The Bertz CT molecular complexity index is 2880. The van der Waals surface area contributed by atoms with Gasteiger partial charge in [-0.05, 0) is 107 Å². The number of fused-ring (bicyclic) bond motifs is 4. The second-order valence-electron chi connectivity index (χ2n) is 17.0. The maximum Gasteiger partial charge on any atom is 0.419 e. The molecule has 12 nitrogen and oxygen atoms in total. The van der Waals surface area contributed by atoms with E-state index >= 15 is 0 Å². The SMILES string of the molecule is CC(C)(C)OC(=O)n1c(-c2cccc3c2C(=O)NC3)cc2cc(O)ccc21.CC(C)(C)OC(=O)n1c(-c2cccc3c2C(=O)NC3)cc2cc(OCc3ccccc3)ccc21. The van der Waals surface area contributed by atoms with Crippen molar-refractivity contribution in [2.24, 2.45) is 0 Å². The van der Waals surface area contributed by atoms with Crippen LogP contribution in [0.15, 0.2) is 115 Å².